The largest absolute Gasteiger partial charge is 0.392 e. The molecule has 4 rings (SSSR count). The van der Waals surface area contributed by atoms with Gasteiger partial charge in [-0.25, -0.2) is 9.37 Å². The fourth-order valence-electron chi connectivity index (χ4n) is 4.74. The highest BCUT2D eigenvalue weighted by molar-refractivity contribution is 6.22. The van der Waals surface area contributed by atoms with Crippen LogP contribution in [0.25, 0.3) is 0 Å². The van der Waals surface area contributed by atoms with Crippen LogP contribution in [0.3, 0.4) is 0 Å². The van der Waals surface area contributed by atoms with Crippen molar-refractivity contribution in [3.8, 4) is 0 Å². The first kappa shape index (κ1) is 17.2. The summed E-state index contributed by atoms with van der Waals surface area (Å²) >= 11 is 0. The van der Waals surface area contributed by atoms with Crippen LogP contribution in [0.15, 0.2) is 17.6 Å². The topological polar surface area (TPSA) is 59.2 Å². The van der Waals surface area contributed by atoms with Gasteiger partial charge in [0, 0.05) is 19.5 Å². The highest BCUT2D eigenvalue weighted by atomic mass is 16.2. The Labute approximate surface area is 154 Å². The Morgan fingerprint density at radius 3 is 2.69 bits per heavy atom. The average molecular weight is 358 g/mol. The Morgan fingerprint density at radius 2 is 2.00 bits per heavy atom. The van der Waals surface area contributed by atoms with Gasteiger partial charge in [-0.15, -0.1) is 6.58 Å². The molecule has 1 saturated heterocycles. The Bertz CT molecular complexity index is 707. The molecule has 7 nitrogen and oxygen atoms in total. The number of rotatable bonds is 3. The zero-order valence-electron chi connectivity index (χ0n) is 15.7. The molecule has 0 aromatic carbocycles. The van der Waals surface area contributed by atoms with Crippen LogP contribution in [-0.2, 0) is 4.79 Å². The van der Waals surface area contributed by atoms with Crippen molar-refractivity contribution in [2.45, 2.75) is 51.1 Å². The lowest BCUT2D eigenvalue weighted by atomic mass is 9.93. The second-order valence-corrected chi connectivity index (χ2v) is 7.95. The summed E-state index contributed by atoms with van der Waals surface area (Å²) in [4.78, 5) is 35.7. The van der Waals surface area contributed by atoms with Crippen LogP contribution in [0.1, 0.15) is 39.0 Å². The van der Waals surface area contributed by atoms with Gasteiger partial charge in [0.05, 0.1) is 19.1 Å². The highest BCUT2D eigenvalue weighted by Gasteiger charge is 2.55. The molecule has 1 saturated carbocycles. The third-order valence-corrected chi connectivity index (χ3v) is 5.99. The van der Waals surface area contributed by atoms with Crippen LogP contribution >= 0.6 is 0 Å². The molecule has 140 valence electrons. The molecule has 0 radical (unpaired) electrons. The number of hydrogen-bond donors (Lipinski definition) is 0. The fourth-order valence-corrected chi connectivity index (χ4v) is 4.74. The Hall–Kier alpha value is -2.18. The molecular weight excluding hydrogens is 330 g/mol. The number of urea groups is 1. The predicted molar refractivity (Wildman–Crippen MR) is 99.2 cm³/mol. The Kier molecular flexibility index (Phi) is 4.32. The molecule has 2 unspecified atom stereocenters. The molecule has 2 atom stereocenters. The Balaban J connectivity index is 1.72. The minimum absolute atomic E-state index is 0.181. The van der Waals surface area contributed by atoms with Crippen LogP contribution in [0.5, 0.6) is 0 Å². The molecular formula is C19H28N5O2+. The zero-order chi connectivity index (χ0) is 18.4. The van der Waals surface area contributed by atoms with Gasteiger partial charge in [-0.3, -0.25) is 19.5 Å². The number of imide groups is 1. The fraction of sp³-hybridized carbons (Fsp3) is 0.684. The van der Waals surface area contributed by atoms with E-state index in [-0.39, 0.29) is 18.5 Å². The number of likely N-dealkylation sites (N-methyl/N-ethyl adjacent to an activating group) is 1. The lowest BCUT2D eigenvalue weighted by Gasteiger charge is -2.37. The summed E-state index contributed by atoms with van der Waals surface area (Å²) in [6, 6.07) is -0.307. The summed E-state index contributed by atoms with van der Waals surface area (Å²) < 4.78 is 2.12. The maximum Gasteiger partial charge on any atom is 0.392 e. The zero-order valence-corrected chi connectivity index (χ0v) is 15.7. The summed E-state index contributed by atoms with van der Waals surface area (Å²) in [7, 11) is 1.71. The van der Waals surface area contributed by atoms with Crippen molar-refractivity contribution >= 4 is 23.7 Å². The van der Waals surface area contributed by atoms with Gasteiger partial charge >= 0.3 is 12.0 Å². The Morgan fingerprint density at radius 1 is 1.27 bits per heavy atom. The van der Waals surface area contributed by atoms with E-state index in [1.54, 1.807) is 13.1 Å². The molecule has 0 aromatic rings. The number of carbonyl (C=O) groups excluding carboxylic acids is 2. The summed E-state index contributed by atoms with van der Waals surface area (Å²) in [5.41, 5.74) is 0. The van der Waals surface area contributed by atoms with Crippen molar-refractivity contribution in [3.05, 3.63) is 12.7 Å². The van der Waals surface area contributed by atoms with Gasteiger partial charge in [0.1, 0.15) is 0 Å². The van der Waals surface area contributed by atoms with Crippen molar-refractivity contribution < 1.29 is 14.2 Å². The normalized spacial score (nSPS) is 29.8. The number of hydrogen-bond acceptors (Lipinski definition) is 4. The SMILES string of the molecule is C=CCN1C(=O)C2C(=NC3=[N+]2CC(C)CN3C2CCCCC2)N(C)C1=O. The van der Waals surface area contributed by atoms with E-state index >= 15 is 0 Å². The second-order valence-electron chi connectivity index (χ2n) is 7.95. The second kappa shape index (κ2) is 6.52. The van der Waals surface area contributed by atoms with Gasteiger partial charge in [0.2, 0.25) is 11.9 Å². The third kappa shape index (κ3) is 2.56. The maximum absolute atomic E-state index is 13.1. The van der Waals surface area contributed by atoms with Crippen molar-refractivity contribution in [1.82, 2.24) is 14.7 Å². The first-order valence-electron chi connectivity index (χ1n) is 9.71. The molecule has 1 aliphatic carbocycles. The van der Waals surface area contributed by atoms with E-state index in [2.05, 4.69) is 23.0 Å². The third-order valence-electron chi connectivity index (χ3n) is 5.99. The first-order chi connectivity index (χ1) is 12.5. The average Bonchev–Trinajstić information content (AvgIpc) is 3.03. The molecule has 26 heavy (non-hydrogen) atoms. The van der Waals surface area contributed by atoms with E-state index in [1.165, 1.54) is 41.9 Å². The number of fused-ring (bicyclic) bond motifs is 2. The van der Waals surface area contributed by atoms with Gasteiger partial charge in [-0.2, -0.15) is 0 Å². The minimum atomic E-state index is -0.485. The van der Waals surface area contributed by atoms with Crippen LogP contribution in [0.4, 0.5) is 4.79 Å². The number of guanidine groups is 1. The van der Waals surface area contributed by atoms with Crippen molar-refractivity contribution in [2.75, 3.05) is 26.7 Å². The number of amides is 3. The van der Waals surface area contributed by atoms with Crippen molar-refractivity contribution in [3.63, 3.8) is 0 Å². The summed E-state index contributed by atoms with van der Waals surface area (Å²) in [5.74, 6) is 1.74. The van der Waals surface area contributed by atoms with E-state index in [1.807, 2.05) is 0 Å². The molecule has 0 aromatic heterocycles. The molecule has 3 aliphatic heterocycles. The van der Waals surface area contributed by atoms with Crippen LogP contribution in [0, 0.1) is 5.92 Å². The molecule has 3 heterocycles. The number of carbonyl (C=O) groups is 2. The van der Waals surface area contributed by atoms with Crippen LogP contribution in [-0.4, -0.2) is 81.8 Å². The van der Waals surface area contributed by atoms with E-state index in [0.717, 1.165) is 19.0 Å². The van der Waals surface area contributed by atoms with Gasteiger partial charge in [-0.1, -0.05) is 37.3 Å². The molecule has 4 aliphatic rings. The van der Waals surface area contributed by atoms with E-state index in [9.17, 15) is 9.59 Å². The maximum atomic E-state index is 13.1. The standard InChI is InChI=1S/C19H28N5O2/c1-4-10-22-17(25)15-16(21(3)19(22)26)20-18-23(11-13(2)12-24(15)18)14-8-6-5-7-9-14/h4,13-15H,1,5-12H2,2-3H3/q+1. The van der Waals surface area contributed by atoms with E-state index in [0.29, 0.717) is 17.8 Å². The molecule has 0 N–H and O–H groups in total. The number of amidine groups is 1. The molecule has 2 fully saturated rings. The predicted octanol–water partition coefficient (Wildman–Crippen LogP) is 1.50. The lowest BCUT2D eigenvalue weighted by molar-refractivity contribution is -0.552. The number of aliphatic imine (C=N–C) groups is 1. The van der Waals surface area contributed by atoms with Crippen molar-refractivity contribution in [1.29, 1.82) is 0 Å². The summed E-state index contributed by atoms with van der Waals surface area (Å²) in [6.45, 7) is 7.91. The van der Waals surface area contributed by atoms with E-state index in [4.69, 9.17) is 4.99 Å². The minimum Gasteiger partial charge on any atom is -0.270 e. The van der Waals surface area contributed by atoms with Crippen LogP contribution < -0.4 is 0 Å². The molecule has 0 spiro atoms. The molecule has 7 heteroatoms. The highest BCUT2D eigenvalue weighted by Crippen LogP contribution is 2.30. The van der Waals surface area contributed by atoms with Gasteiger partial charge < -0.3 is 0 Å². The van der Waals surface area contributed by atoms with Crippen molar-refractivity contribution in [2.24, 2.45) is 10.9 Å². The summed E-state index contributed by atoms with van der Waals surface area (Å²) in [5, 5.41) is 0. The molecule has 3 amide bonds. The molecule has 0 bridgehead atoms. The quantitative estimate of drug-likeness (QED) is 0.567. The van der Waals surface area contributed by atoms with Gasteiger partial charge in [0.25, 0.3) is 5.91 Å². The summed E-state index contributed by atoms with van der Waals surface area (Å²) in [6.07, 6.45) is 7.79. The van der Waals surface area contributed by atoms with Gasteiger partial charge in [-0.05, 0) is 12.8 Å². The van der Waals surface area contributed by atoms with E-state index < -0.39 is 6.04 Å². The van der Waals surface area contributed by atoms with Crippen LogP contribution in [0.2, 0.25) is 0 Å². The smallest absolute Gasteiger partial charge is 0.270 e. The number of nitrogens with zero attached hydrogens (tertiary/aromatic N) is 5. The lowest BCUT2D eigenvalue weighted by Crippen LogP contribution is -2.63. The first-order valence-corrected chi connectivity index (χ1v) is 9.71. The van der Waals surface area contributed by atoms with Gasteiger partial charge in [0.15, 0.2) is 0 Å². The monoisotopic (exact) mass is 358 g/mol.